The minimum absolute atomic E-state index is 0. The molecule has 0 bridgehead atoms. The molecule has 3 rings (SSSR count). The average Bonchev–Trinajstić information content (AvgIpc) is 2.97. The number of halogens is 2. The van der Waals surface area contributed by atoms with Crippen molar-refractivity contribution in [1.29, 1.82) is 0 Å². The maximum absolute atomic E-state index is 10.4. The standard InChI is InChI=1S/C16H20N2OS.2ClH/c1-12-4-5-13(14(19)11-12)16(15-3-2-10-20-15)18-8-6-17-7-9-18;;/h2-5,10-11,16-17,19H,6-9H2,1H3;2*1H/t16-;;/m0../s1. The molecule has 3 nitrogen and oxygen atoms in total. The van der Waals surface area contributed by atoms with E-state index in [2.05, 4.69) is 39.9 Å². The summed E-state index contributed by atoms with van der Waals surface area (Å²) in [7, 11) is 0. The molecular formula is C16H22Cl2N2OS. The number of benzene rings is 1. The summed E-state index contributed by atoms with van der Waals surface area (Å²) in [5.41, 5.74) is 2.11. The molecule has 2 aromatic rings. The van der Waals surface area contributed by atoms with Crippen LogP contribution in [0.5, 0.6) is 5.75 Å². The highest BCUT2D eigenvalue weighted by molar-refractivity contribution is 7.10. The Hall–Kier alpha value is -0.780. The summed E-state index contributed by atoms with van der Waals surface area (Å²) in [6, 6.07) is 10.4. The maximum Gasteiger partial charge on any atom is 0.121 e. The van der Waals surface area contributed by atoms with Gasteiger partial charge in [-0.15, -0.1) is 36.2 Å². The summed E-state index contributed by atoms with van der Waals surface area (Å²) in [4.78, 5) is 3.75. The van der Waals surface area contributed by atoms with Gasteiger partial charge in [0.2, 0.25) is 0 Å². The Bertz CT molecular complexity index is 572. The molecule has 0 spiro atoms. The minimum atomic E-state index is 0. The fraction of sp³-hybridized carbons (Fsp3) is 0.375. The Morgan fingerprint density at radius 3 is 2.50 bits per heavy atom. The molecule has 22 heavy (non-hydrogen) atoms. The van der Waals surface area contributed by atoms with Crippen LogP contribution in [0.25, 0.3) is 0 Å². The van der Waals surface area contributed by atoms with E-state index in [0.29, 0.717) is 5.75 Å². The zero-order valence-corrected chi connectivity index (χ0v) is 14.9. The Morgan fingerprint density at radius 2 is 1.91 bits per heavy atom. The van der Waals surface area contributed by atoms with Gasteiger partial charge in [0.1, 0.15) is 5.75 Å². The number of hydrogen-bond donors (Lipinski definition) is 2. The smallest absolute Gasteiger partial charge is 0.121 e. The molecule has 1 aromatic carbocycles. The quantitative estimate of drug-likeness (QED) is 0.877. The van der Waals surface area contributed by atoms with Gasteiger partial charge in [-0.05, 0) is 30.0 Å². The lowest BCUT2D eigenvalue weighted by Gasteiger charge is -2.35. The number of nitrogens with zero attached hydrogens (tertiary/aromatic N) is 1. The lowest BCUT2D eigenvalue weighted by molar-refractivity contribution is 0.198. The summed E-state index contributed by atoms with van der Waals surface area (Å²) < 4.78 is 0. The second-order valence-electron chi connectivity index (χ2n) is 5.27. The Balaban J connectivity index is 0.00000121. The topological polar surface area (TPSA) is 35.5 Å². The highest BCUT2D eigenvalue weighted by Crippen LogP contribution is 2.36. The van der Waals surface area contributed by atoms with Crippen molar-refractivity contribution in [3.05, 3.63) is 51.7 Å². The van der Waals surface area contributed by atoms with Crippen LogP contribution >= 0.6 is 36.2 Å². The van der Waals surface area contributed by atoms with Crippen molar-refractivity contribution in [1.82, 2.24) is 10.2 Å². The number of nitrogens with one attached hydrogen (secondary N) is 1. The van der Waals surface area contributed by atoms with Crippen LogP contribution < -0.4 is 5.32 Å². The van der Waals surface area contributed by atoms with Crippen molar-refractivity contribution in [2.45, 2.75) is 13.0 Å². The molecule has 0 saturated carbocycles. The van der Waals surface area contributed by atoms with Crippen LogP contribution in [0.1, 0.15) is 22.0 Å². The van der Waals surface area contributed by atoms with E-state index in [1.165, 1.54) is 4.88 Å². The van der Waals surface area contributed by atoms with E-state index in [9.17, 15) is 5.11 Å². The van der Waals surface area contributed by atoms with Crippen molar-refractivity contribution in [3.63, 3.8) is 0 Å². The van der Waals surface area contributed by atoms with Crippen LogP contribution in [-0.2, 0) is 0 Å². The molecule has 6 heteroatoms. The third kappa shape index (κ3) is 4.15. The Kier molecular flexibility index (Phi) is 7.66. The van der Waals surface area contributed by atoms with Crippen molar-refractivity contribution >= 4 is 36.2 Å². The van der Waals surface area contributed by atoms with Gasteiger partial charge in [0, 0.05) is 36.6 Å². The van der Waals surface area contributed by atoms with Crippen molar-refractivity contribution in [2.24, 2.45) is 0 Å². The molecule has 2 N–H and O–H groups in total. The molecule has 1 saturated heterocycles. The van der Waals surface area contributed by atoms with Crippen LogP contribution in [0.4, 0.5) is 0 Å². The number of aryl methyl sites for hydroxylation is 1. The van der Waals surface area contributed by atoms with Gasteiger partial charge in [-0.25, -0.2) is 0 Å². The number of thiophene rings is 1. The van der Waals surface area contributed by atoms with Crippen molar-refractivity contribution < 1.29 is 5.11 Å². The van der Waals surface area contributed by atoms with Crippen LogP contribution in [-0.4, -0.2) is 36.2 Å². The van der Waals surface area contributed by atoms with Crippen LogP contribution in [0.3, 0.4) is 0 Å². The summed E-state index contributed by atoms with van der Waals surface area (Å²) >= 11 is 1.76. The van der Waals surface area contributed by atoms with E-state index in [1.54, 1.807) is 11.3 Å². The fourth-order valence-electron chi connectivity index (χ4n) is 2.80. The molecule has 2 heterocycles. The maximum atomic E-state index is 10.4. The lowest BCUT2D eigenvalue weighted by Crippen LogP contribution is -2.45. The highest BCUT2D eigenvalue weighted by Gasteiger charge is 2.26. The third-order valence-electron chi connectivity index (χ3n) is 3.81. The molecule has 0 unspecified atom stereocenters. The fourth-order valence-corrected chi connectivity index (χ4v) is 3.68. The van der Waals surface area contributed by atoms with Crippen LogP contribution in [0, 0.1) is 6.92 Å². The SMILES string of the molecule is Cc1ccc([C@@H](c2cccs2)N2CCNCC2)c(O)c1.Cl.Cl. The van der Waals surface area contributed by atoms with Gasteiger partial charge in [0.05, 0.1) is 6.04 Å². The number of phenolic OH excluding ortho intramolecular Hbond substituents is 1. The first-order valence-corrected chi connectivity index (χ1v) is 7.91. The molecule has 1 aliphatic heterocycles. The normalized spacial score (nSPS) is 16.4. The van der Waals surface area contributed by atoms with Crippen LogP contribution in [0.2, 0.25) is 0 Å². The summed E-state index contributed by atoms with van der Waals surface area (Å²) in [6.45, 7) is 6.04. The van der Waals surface area contributed by atoms with E-state index in [0.717, 1.165) is 37.3 Å². The van der Waals surface area contributed by atoms with Crippen molar-refractivity contribution in [2.75, 3.05) is 26.2 Å². The largest absolute Gasteiger partial charge is 0.508 e. The summed E-state index contributed by atoms with van der Waals surface area (Å²) in [5.74, 6) is 0.405. The molecular weight excluding hydrogens is 339 g/mol. The second kappa shape index (κ2) is 8.75. The van der Waals surface area contributed by atoms with Gasteiger partial charge in [0.25, 0.3) is 0 Å². The molecule has 1 aromatic heterocycles. The first-order valence-electron chi connectivity index (χ1n) is 7.03. The minimum Gasteiger partial charge on any atom is -0.508 e. The number of phenols is 1. The van der Waals surface area contributed by atoms with Crippen LogP contribution in [0.15, 0.2) is 35.7 Å². The molecule has 1 aliphatic rings. The predicted octanol–water partition coefficient (Wildman–Crippen LogP) is 3.60. The third-order valence-corrected chi connectivity index (χ3v) is 4.73. The van der Waals surface area contributed by atoms with E-state index in [-0.39, 0.29) is 30.9 Å². The molecule has 0 aliphatic carbocycles. The average molecular weight is 361 g/mol. The van der Waals surface area contributed by atoms with Gasteiger partial charge in [-0.1, -0.05) is 18.2 Å². The number of piperazine rings is 1. The highest BCUT2D eigenvalue weighted by atomic mass is 35.5. The van der Waals surface area contributed by atoms with E-state index in [1.807, 2.05) is 13.0 Å². The van der Waals surface area contributed by atoms with Crippen molar-refractivity contribution in [3.8, 4) is 5.75 Å². The molecule has 0 radical (unpaired) electrons. The monoisotopic (exact) mass is 360 g/mol. The van der Waals surface area contributed by atoms with E-state index in [4.69, 9.17) is 0 Å². The van der Waals surface area contributed by atoms with E-state index >= 15 is 0 Å². The Morgan fingerprint density at radius 1 is 1.18 bits per heavy atom. The first-order chi connectivity index (χ1) is 9.75. The second-order valence-corrected chi connectivity index (χ2v) is 6.25. The Labute approximate surface area is 148 Å². The van der Waals surface area contributed by atoms with Gasteiger partial charge < -0.3 is 10.4 Å². The van der Waals surface area contributed by atoms with Gasteiger partial charge in [-0.2, -0.15) is 0 Å². The number of hydrogen-bond acceptors (Lipinski definition) is 4. The van der Waals surface area contributed by atoms with Gasteiger partial charge >= 0.3 is 0 Å². The van der Waals surface area contributed by atoms with Gasteiger partial charge in [0.15, 0.2) is 0 Å². The molecule has 1 fully saturated rings. The summed E-state index contributed by atoms with van der Waals surface area (Å²) in [5, 5.41) is 15.8. The van der Waals surface area contributed by atoms with E-state index < -0.39 is 0 Å². The molecule has 122 valence electrons. The number of aromatic hydroxyl groups is 1. The molecule has 0 amide bonds. The first kappa shape index (κ1) is 19.3. The van der Waals surface area contributed by atoms with Gasteiger partial charge in [-0.3, -0.25) is 4.90 Å². The summed E-state index contributed by atoms with van der Waals surface area (Å²) in [6.07, 6.45) is 0. The predicted molar refractivity (Wildman–Crippen MR) is 97.9 cm³/mol. The zero-order valence-electron chi connectivity index (χ0n) is 12.5. The molecule has 1 atom stereocenters. The lowest BCUT2D eigenvalue weighted by atomic mass is 10.00. The number of rotatable bonds is 3. The zero-order chi connectivity index (χ0) is 13.9.